The van der Waals surface area contributed by atoms with Crippen molar-refractivity contribution in [1.29, 1.82) is 0 Å². The molecule has 7 heteroatoms. The summed E-state index contributed by atoms with van der Waals surface area (Å²) in [5.74, 6) is 0.338. The van der Waals surface area contributed by atoms with E-state index in [4.69, 9.17) is 21.9 Å². The van der Waals surface area contributed by atoms with E-state index >= 15 is 0 Å². The summed E-state index contributed by atoms with van der Waals surface area (Å²) in [6.45, 7) is 0.276. The Hall–Kier alpha value is -2.86. The van der Waals surface area contributed by atoms with Crippen LogP contribution in [-0.4, -0.2) is 16.0 Å². The van der Waals surface area contributed by atoms with Gasteiger partial charge in [0.05, 0.1) is 12.1 Å². The number of nitrogens with one attached hydrogen (secondary N) is 1. The fourth-order valence-corrected chi connectivity index (χ4v) is 2.28. The van der Waals surface area contributed by atoms with E-state index in [0.29, 0.717) is 28.0 Å². The number of hydrogen-bond acceptors (Lipinski definition) is 5. The number of hydrogen-bond donors (Lipinski definition) is 2. The fraction of sp³-hybridized carbons (Fsp3) is 0.0625. The number of rotatable bonds is 5. The van der Waals surface area contributed by atoms with Gasteiger partial charge in [0, 0.05) is 16.3 Å². The van der Waals surface area contributed by atoms with Crippen molar-refractivity contribution < 1.29 is 9.32 Å². The molecule has 0 spiro atoms. The summed E-state index contributed by atoms with van der Waals surface area (Å²) in [4.78, 5) is 15.7. The van der Waals surface area contributed by atoms with E-state index in [1.807, 2.05) is 12.1 Å². The fourth-order valence-electron chi connectivity index (χ4n) is 2.09. The van der Waals surface area contributed by atoms with Crippen molar-refractivity contribution in [2.75, 3.05) is 5.32 Å². The Bertz CT molecular complexity index is 847. The van der Waals surface area contributed by atoms with Gasteiger partial charge in [-0.2, -0.15) is 4.98 Å². The molecule has 0 saturated carbocycles. The molecule has 0 bridgehead atoms. The molecule has 0 atom stereocenters. The van der Waals surface area contributed by atoms with Crippen LogP contribution in [0.2, 0.25) is 5.02 Å². The Morgan fingerprint density at radius 3 is 2.83 bits per heavy atom. The zero-order valence-corrected chi connectivity index (χ0v) is 12.7. The minimum absolute atomic E-state index is 0.276. The van der Waals surface area contributed by atoms with E-state index < -0.39 is 5.91 Å². The first-order chi connectivity index (χ1) is 11.1. The Kier molecular flexibility index (Phi) is 4.25. The molecule has 1 heterocycles. The summed E-state index contributed by atoms with van der Waals surface area (Å²) >= 11 is 5.95. The van der Waals surface area contributed by atoms with E-state index in [9.17, 15) is 4.79 Å². The molecule has 3 aromatic rings. The first-order valence-corrected chi connectivity index (χ1v) is 7.22. The molecule has 0 fully saturated rings. The average molecular weight is 329 g/mol. The van der Waals surface area contributed by atoms with E-state index in [2.05, 4.69) is 15.5 Å². The number of aromatic nitrogens is 2. The lowest BCUT2D eigenvalue weighted by Gasteiger charge is -2.07. The van der Waals surface area contributed by atoms with Crippen molar-refractivity contribution in [3.63, 3.8) is 0 Å². The van der Waals surface area contributed by atoms with Crippen molar-refractivity contribution in [2.24, 2.45) is 5.73 Å². The van der Waals surface area contributed by atoms with Crippen LogP contribution in [0, 0.1) is 0 Å². The molecule has 1 amide bonds. The monoisotopic (exact) mass is 328 g/mol. The molecule has 3 N–H and O–H groups in total. The molecule has 6 nitrogen and oxygen atoms in total. The molecule has 0 unspecified atom stereocenters. The van der Waals surface area contributed by atoms with Crippen LogP contribution in [-0.2, 0) is 6.54 Å². The van der Waals surface area contributed by atoms with Gasteiger partial charge in [-0.3, -0.25) is 4.79 Å². The van der Waals surface area contributed by atoms with E-state index in [-0.39, 0.29) is 6.54 Å². The molecular formula is C16H13ClN4O2. The number of anilines is 1. The lowest BCUT2D eigenvalue weighted by molar-refractivity contribution is 0.100. The highest BCUT2D eigenvalue weighted by Gasteiger charge is 2.11. The van der Waals surface area contributed by atoms with Gasteiger partial charge in [-0.25, -0.2) is 0 Å². The minimum Gasteiger partial charge on any atom is -0.375 e. The summed E-state index contributed by atoms with van der Waals surface area (Å²) in [6.07, 6.45) is 0. The van der Waals surface area contributed by atoms with Crippen LogP contribution in [0.15, 0.2) is 53.1 Å². The third kappa shape index (κ3) is 3.49. The van der Waals surface area contributed by atoms with E-state index in [1.54, 1.807) is 36.4 Å². The second-order valence-electron chi connectivity index (χ2n) is 4.79. The Morgan fingerprint density at radius 1 is 1.22 bits per heavy atom. The summed E-state index contributed by atoms with van der Waals surface area (Å²) in [7, 11) is 0. The number of nitrogens with zero attached hydrogens (tertiary/aromatic N) is 2. The smallest absolute Gasteiger partial charge is 0.250 e. The maximum atomic E-state index is 11.4. The van der Waals surface area contributed by atoms with Crippen LogP contribution in [0.3, 0.4) is 0 Å². The van der Waals surface area contributed by atoms with E-state index in [1.165, 1.54) is 0 Å². The average Bonchev–Trinajstić information content (AvgIpc) is 3.02. The highest BCUT2D eigenvalue weighted by atomic mass is 35.5. The quantitative estimate of drug-likeness (QED) is 0.750. The third-order valence-corrected chi connectivity index (χ3v) is 3.41. The molecule has 0 aliphatic carbocycles. The summed E-state index contributed by atoms with van der Waals surface area (Å²) < 4.78 is 5.20. The Balaban J connectivity index is 1.74. The van der Waals surface area contributed by atoms with Crippen molar-refractivity contribution in [1.82, 2.24) is 10.1 Å². The van der Waals surface area contributed by atoms with Crippen LogP contribution in [0.25, 0.3) is 11.4 Å². The number of para-hydroxylation sites is 1. The molecule has 1 aromatic heterocycles. The lowest BCUT2D eigenvalue weighted by atomic mass is 10.1. The Morgan fingerprint density at radius 2 is 2.04 bits per heavy atom. The minimum atomic E-state index is -0.502. The first-order valence-electron chi connectivity index (χ1n) is 6.85. The summed E-state index contributed by atoms with van der Waals surface area (Å²) in [5.41, 5.74) is 7.12. The Labute approximate surface area is 137 Å². The zero-order valence-electron chi connectivity index (χ0n) is 12.0. The maximum Gasteiger partial charge on any atom is 0.250 e. The van der Waals surface area contributed by atoms with Gasteiger partial charge in [-0.1, -0.05) is 41.0 Å². The zero-order chi connectivity index (χ0) is 16.2. The number of halogens is 1. The largest absolute Gasteiger partial charge is 0.375 e. The number of primary amides is 1. The molecular weight excluding hydrogens is 316 g/mol. The van der Waals surface area contributed by atoms with E-state index in [0.717, 1.165) is 5.56 Å². The van der Waals surface area contributed by atoms with Gasteiger partial charge in [-0.05, 0) is 24.3 Å². The van der Waals surface area contributed by atoms with Crippen molar-refractivity contribution in [2.45, 2.75) is 6.54 Å². The van der Waals surface area contributed by atoms with Crippen molar-refractivity contribution in [3.05, 3.63) is 65.0 Å². The molecule has 0 saturated heterocycles. The highest BCUT2D eigenvalue weighted by Crippen LogP contribution is 2.20. The molecule has 0 aliphatic heterocycles. The summed E-state index contributed by atoms with van der Waals surface area (Å²) in [6, 6.07) is 14.1. The van der Waals surface area contributed by atoms with Crippen molar-refractivity contribution in [3.8, 4) is 11.4 Å². The van der Waals surface area contributed by atoms with Gasteiger partial charge in [0.2, 0.25) is 11.7 Å². The van der Waals surface area contributed by atoms with Gasteiger partial charge in [-0.15, -0.1) is 0 Å². The number of benzene rings is 2. The molecule has 23 heavy (non-hydrogen) atoms. The maximum absolute atomic E-state index is 11.4. The normalized spacial score (nSPS) is 10.5. The number of nitrogens with two attached hydrogens (primary N) is 1. The van der Waals surface area contributed by atoms with Gasteiger partial charge in [0.25, 0.3) is 5.91 Å². The molecule has 0 aliphatic rings. The predicted octanol–water partition coefficient (Wildman–Crippen LogP) is 3.10. The van der Waals surface area contributed by atoms with Gasteiger partial charge in [0.1, 0.15) is 0 Å². The second-order valence-corrected chi connectivity index (χ2v) is 5.22. The molecule has 116 valence electrons. The standard InChI is InChI=1S/C16H13ClN4O2/c17-11-5-3-4-10(8-11)16-20-14(23-21-16)9-19-13-7-2-1-6-12(13)15(18)22/h1-8,19H,9H2,(H2,18,22). The van der Waals surface area contributed by atoms with Crippen LogP contribution in [0.4, 0.5) is 5.69 Å². The summed E-state index contributed by atoms with van der Waals surface area (Å²) in [5, 5.41) is 7.58. The van der Waals surface area contributed by atoms with Gasteiger partial charge < -0.3 is 15.6 Å². The van der Waals surface area contributed by atoms with Gasteiger partial charge >= 0.3 is 0 Å². The van der Waals surface area contributed by atoms with Crippen LogP contribution < -0.4 is 11.1 Å². The lowest BCUT2D eigenvalue weighted by Crippen LogP contribution is -2.14. The SMILES string of the molecule is NC(=O)c1ccccc1NCc1nc(-c2cccc(Cl)c2)no1. The number of amides is 1. The molecule has 0 radical (unpaired) electrons. The molecule has 3 rings (SSSR count). The number of carbonyl (C=O) groups excluding carboxylic acids is 1. The highest BCUT2D eigenvalue weighted by molar-refractivity contribution is 6.30. The van der Waals surface area contributed by atoms with Gasteiger partial charge in [0.15, 0.2) is 0 Å². The van der Waals surface area contributed by atoms with Crippen LogP contribution in [0.5, 0.6) is 0 Å². The number of carbonyl (C=O) groups is 1. The van der Waals surface area contributed by atoms with Crippen LogP contribution >= 0.6 is 11.6 Å². The van der Waals surface area contributed by atoms with Crippen LogP contribution in [0.1, 0.15) is 16.2 Å². The molecule has 2 aromatic carbocycles. The second kappa shape index (κ2) is 6.50. The first kappa shape index (κ1) is 15.1. The third-order valence-electron chi connectivity index (χ3n) is 3.17. The topological polar surface area (TPSA) is 94.0 Å². The predicted molar refractivity (Wildman–Crippen MR) is 87.0 cm³/mol. The van der Waals surface area contributed by atoms with Crippen molar-refractivity contribution >= 4 is 23.2 Å².